The Morgan fingerprint density at radius 3 is 2.50 bits per heavy atom. The van der Waals surface area contributed by atoms with E-state index in [0.29, 0.717) is 23.2 Å². The lowest BCUT2D eigenvalue weighted by Crippen LogP contribution is -2.25. The second-order valence-electron chi connectivity index (χ2n) is 7.78. The van der Waals surface area contributed by atoms with Crippen LogP contribution in [0.4, 0.5) is 28.0 Å². The van der Waals surface area contributed by atoms with Crippen molar-refractivity contribution in [1.29, 1.82) is 0 Å². The van der Waals surface area contributed by atoms with Gasteiger partial charge in [-0.1, -0.05) is 30.7 Å². The number of carbonyl (C=O) groups excluding carboxylic acids is 2. The van der Waals surface area contributed by atoms with Gasteiger partial charge in [0.1, 0.15) is 11.9 Å². The molecular formula is C24H25F4NO3. The van der Waals surface area contributed by atoms with Crippen molar-refractivity contribution >= 4 is 17.6 Å². The van der Waals surface area contributed by atoms with E-state index in [1.807, 2.05) is 24.3 Å². The minimum Gasteiger partial charge on any atom is -0.444 e. The lowest BCUT2D eigenvalue weighted by Gasteiger charge is -2.14. The number of aryl methyl sites for hydroxylation is 1. The van der Waals surface area contributed by atoms with Gasteiger partial charge in [0.25, 0.3) is 6.43 Å². The number of benzene rings is 2. The molecule has 1 atom stereocenters. The summed E-state index contributed by atoms with van der Waals surface area (Å²) < 4.78 is 56.7. The van der Waals surface area contributed by atoms with Crippen molar-refractivity contribution < 1.29 is 31.9 Å². The molecular weight excluding hydrogens is 426 g/mol. The number of amides is 1. The van der Waals surface area contributed by atoms with Crippen molar-refractivity contribution in [2.45, 2.75) is 51.1 Å². The molecule has 0 saturated carbocycles. The Morgan fingerprint density at radius 1 is 1.09 bits per heavy atom. The summed E-state index contributed by atoms with van der Waals surface area (Å²) in [4.78, 5) is 24.4. The van der Waals surface area contributed by atoms with Crippen LogP contribution in [-0.4, -0.2) is 37.6 Å². The number of hydrogen-bond donors (Lipinski definition) is 0. The average Bonchev–Trinajstić information content (AvgIpc) is 3.16. The van der Waals surface area contributed by atoms with Crippen molar-refractivity contribution in [3.63, 3.8) is 0 Å². The molecule has 8 heteroatoms. The fourth-order valence-electron chi connectivity index (χ4n) is 3.65. The zero-order valence-corrected chi connectivity index (χ0v) is 17.5. The monoisotopic (exact) mass is 451 g/mol. The molecule has 1 amide bonds. The fourth-order valence-corrected chi connectivity index (χ4v) is 3.65. The van der Waals surface area contributed by atoms with Gasteiger partial charge in [0.05, 0.1) is 18.9 Å². The Labute approximate surface area is 184 Å². The van der Waals surface area contributed by atoms with Crippen LogP contribution in [0, 0.1) is 5.82 Å². The molecule has 1 aliphatic rings. The molecule has 4 nitrogen and oxygen atoms in total. The van der Waals surface area contributed by atoms with E-state index in [2.05, 4.69) is 0 Å². The minimum absolute atomic E-state index is 0.00783. The number of ether oxygens (including phenoxy) is 1. The third-order valence-corrected chi connectivity index (χ3v) is 5.46. The molecule has 1 heterocycles. The van der Waals surface area contributed by atoms with Gasteiger partial charge < -0.3 is 4.74 Å². The number of cyclic esters (lactones) is 1. The van der Waals surface area contributed by atoms with Crippen LogP contribution >= 0.6 is 0 Å². The van der Waals surface area contributed by atoms with Crippen molar-refractivity contribution in [3.8, 4) is 11.1 Å². The Bertz CT molecular complexity index is 933. The summed E-state index contributed by atoms with van der Waals surface area (Å²) in [6, 6.07) is 11.9. The van der Waals surface area contributed by atoms with Gasteiger partial charge in [0.2, 0.25) is 0 Å². The second-order valence-corrected chi connectivity index (χ2v) is 7.78. The number of anilines is 1. The number of nitrogens with zero attached hydrogens (tertiary/aromatic N) is 1. The molecule has 2 aromatic rings. The standard InChI is InChI=1S/C24H25F4NO3/c25-13-3-1-2-4-16-5-7-17(8-6-16)20-11-9-18(14-21(20)26)29-15-19(32-24(29)31)10-12-22(30)23(27)28/h5-9,11,14,19,23H,1-4,10,12-13,15H2/t19-/m0/s1. The van der Waals surface area contributed by atoms with E-state index >= 15 is 0 Å². The lowest BCUT2D eigenvalue weighted by molar-refractivity contribution is -0.129. The summed E-state index contributed by atoms with van der Waals surface area (Å²) in [5, 5.41) is 0. The smallest absolute Gasteiger partial charge is 0.414 e. The minimum atomic E-state index is -3.04. The Hall–Kier alpha value is -2.90. The van der Waals surface area contributed by atoms with E-state index in [9.17, 15) is 27.2 Å². The molecule has 0 radical (unpaired) electrons. The van der Waals surface area contributed by atoms with Gasteiger partial charge in [-0.2, -0.15) is 0 Å². The number of halogens is 4. The summed E-state index contributed by atoms with van der Waals surface area (Å²) in [7, 11) is 0. The lowest BCUT2D eigenvalue weighted by atomic mass is 10.0. The number of alkyl halides is 3. The molecule has 1 fully saturated rings. The second kappa shape index (κ2) is 11.1. The van der Waals surface area contributed by atoms with Gasteiger partial charge in [-0.3, -0.25) is 14.1 Å². The molecule has 1 saturated heterocycles. The molecule has 0 spiro atoms. The molecule has 0 aliphatic carbocycles. The van der Waals surface area contributed by atoms with Crippen LogP contribution in [0.2, 0.25) is 0 Å². The summed E-state index contributed by atoms with van der Waals surface area (Å²) in [5.41, 5.74) is 2.46. The number of unbranched alkanes of at least 4 members (excludes halogenated alkanes) is 2. The first-order valence-electron chi connectivity index (χ1n) is 10.6. The Kier molecular flexibility index (Phi) is 8.25. The highest BCUT2D eigenvalue weighted by atomic mass is 19.3. The normalized spacial score (nSPS) is 16.0. The van der Waals surface area contributed by atoms with E-state index in [4.69, 9.17) is 4.74 Å². The zero-order chi connectivity index (χ0) is 23.1. The first-order valence-corrected chi connectivity index (χ1v) is 10.6. The Morgan fingerprint density at radius 2 is 1.84 bits per heavy atom. The van der Waals surface area contributed by atoms with E-state index in [-0.39, 0.29) is 26.1 Å². The molecule has 0 unspecified atom stereocenters. The maximum Gasteiger partial charge on any atom is 0.414 e. The fraction of sp³-hybridized carbons (Fsp3) is 0.417. The SMILES string of the molecule is O=C(CC[C@H]1CN(c2ccc(-c3ccc(CCCCCF)cc3)c(F)c2)C(=O)O1)C(F)F. The third-order valence-electron chi connectivity index (χ3n) is 5.46. The van der Waals surface area contributed by atoms with E-state index < -0.39 is 30.2 Å². The quantitative estimate of drug-likeness (QED) is 0.306. The van der Waals surface area contributed by atoms with Gasteiger partial charge in [-0.15, -0.1) is 0 Å². The molecule has 172 valence electrons. The van der Waals surface area contributed by atoms with Gasteiger partial charge in [0.15, 0.2) is 5.78 Å². The molecule has 0 aromatic heterocycles. The van der Waals surface area contributed by atoms with Gasteiger partial charge in [0, 0.05) is 12.0 Å². The highest BCUT2D eigenvalue weighted by molar-refractivity contribution is 5.90. The van der Waals surface area contributed by atoms with Crippen molar-refractivity contribution in [3.05, 3.63) is 53.8 Å². The van der Waals surface area contributed by atoms with Crippen molar-refractivity contribution in [2.24, 2.45) is 0 Å². The van der Waals surface area contributed by atoms with Crippen LogP contribution in [0.25, 0.3) is 11.1 Å². The van der Waals surface area contributed by atoms with Crippen LogP contribution < -0.4 is 4.90 Å². The van der Waals surface area contributed by atoms with E-state index in [1.54, 1.807) is 12.1 Å². The predicted octanol–water partition coefficient (Wildman–Crippen LogP) is 6.11. The summed E-state index contributed by atoms with van der Waals surface area (Å²) in [6.45, 7) is -0.242. The largest absolute Gasteiger partial charge is 0.444 e. The molecule has 32 heavy (non-hydrogen) atoms. The van der Waals surface area contributed by atoms with Gasteiger partial charge in [-0.05, 0) is 55.0 Å². The first-order chi connectivity index (χ1) is 15.4. The molecule has 2 aromatic carbocycles. The zero-order valence-electron chi connectivity index (χ0n) is 17.5. The highest BCUT2D eigenvalue weighted by Gasteiger charge is 2.33. The van der Waals surface area contributed by atoms with Crippen LogP contribution in [-0.2, 0) is 16.0 Å². The molecule has 0 N–H and O–H groups in total. The number of rotatable bonds is 11. The van der Waals surface area contributed by atoms with E-state index in [0.717, 1.165) is 24.8 Å². The average molecular weight is 451 g/mol. The van der Waals surface area contributed by atoms with E-state index in [1.165, 1.54) is 11.0 Å². The highest BCUT2D eigenvalue weighted by Crippen LogP contribution is 2.30. The van der Waals surface area contributed by atoms with Crippen molar-refractivity contribution in [1.82, 2.24) is 0 Å². The summed E-state index contributed by atoms with van der Waals surface area (Å²) in [5.74, 6) is -1.71. The van der Waals surface area contributed by atoms with Gasteiger partial charge >= 0.3 is 6.09 Å². The van der Waals surface area contributed by atoms with Crippen LogP contribution in [0.3, 0.4) is 0 Å². The number of carbonyl (C=O) groups is 2. The third kappa shape index (κ3) is 6.08. The molecule has 0 bridgehead atoms. The maximum absolute atomic E-state index is 14.8. The molecule has 3 rings (SSSR count). The van der Waals surface area contributed by atoms with Gasteiger partial charge in [-0.25, -0.2) is 18.0 Å². The molecule has 1 aliphatic heterocycles. The number of Topliss-reactive ketones (excluding diaryl/α,β-unsaturated/α-hetero) is 1. The summed E-state index contributed by atoms with van der Waals surface area (Å²) >= 11 is 0. The summed E-state index contributed by atoms with van der Waals surface area (Å²) in [6.07, 6.45) is -1.71. The van der Waals surface area contributed by atoms with Crippen LogP contribution in [0.15, 0.2) is 42.5 Å². The number of ketones is 1. The van der Waals surface area contributed by atoms with Crippen molar-refractivity contribution in [2.75, 3.05) is 18.1 Å². The Balaban J connectivity index is 1.62. The topological polar surface area (TPSA) is 46.6 Å². The number of hydrogen-bond acceptors (Lipinski definition) is 3. The van der Waals surface area contributed by atoms with Crippen LogP contribution in [0.1, 0.15) is 37.7 Å². The predicted molar refractivity (Wildman–Crippen MR) is 113 cm³/mol. The first kappa shape index (κ1) is 23.8. The maximum atomic E-state index is 14.8. The van der Waals surface area contributed by atoms with Crippen LogP contribution in [0.5, 0.6) is 0 Å².